The third-order valence-corrected chi connectivity index (χ3v) is 7.33. The van der Waals surface area contributed by atoms with Crippen molar-refractivity contribution in [2.45, 2.75) is 56.9 Å². The Kier molecular flexibility index (Phi) is 7.02. The number of nitrogens with zero attached hydrogens (tertiary/aromatic N) is 3. The number of methoxy groups -OCH3 is 1. The van der Waals surface area contributed by atoms with Gasteiger partial charge in [0.2, 0.25) is 0 Å². The molecule has 0 amide bonds. The van der Waals surface area contributed by atoms with Crippen LogP contribution < -0.4 is 4.90 Å². The second kappa shape index (κ2) is 9.32. The highest BCUT2D eigenvalue weighted by Gasteiger charge is 2.38. The van der Waals surface area contributed by atoms with Gasteiger partial charge in [-0.2, -0.15) is 0 Å². The van der Waals surface area contributed by atoms with Crippen molar-refractivity contribution < 1.29 is 13.5 Å². The highest BCUT2D eigenvalue weighted by Crippen LogP contribution is 2.37. The molecule has 0 saturated heterocycles. The molecule has 0 aliphatic heterocycles. The predicted octanol–water partition coefficient (Wildman–Crippen LogP) is 3.23. The van der Waals surface area contributed by atoms with Crippen LogP contribution in [0.5, 0.6) is 0 Å². The third-order valence-electron chi connectivity index (χ3n) is 6.23. The zero-order valence-electron chi connectivity index (χ0n) is 17.5. The Morgan fingerprint density at radius 2 is 2.24 bits per heavy atom. The van der Waals surface area contributed by atoms with E-state index in [0.29, 0.717) is 18.1 Å². The van der Waals surface area contributed by atoms with E-state index in [9.17, 15) is 8.76 Å². The van der Waals surface area contributed by atoms with Gasteiger partial charge in [0.1, 0.15) is 23.0 Å². The van der Waals surface area contributed by atoms with Gasteiger partial charge in [0, 0.05) is 38.5 Å². The molecule has 0 bridgehead atoms. The summed E-state index contributed by atoms with van der Waals surface area (Å²) in [5.41, 5.74) is 1.13. The summed E-state index contributed by atoms with van der Waals surface area (Å²) in [6, 6.07) is 2.26. The maximum atomic E-state index is 12.1. The molecule has 3 rings (SSSR count). The van der Waals surface area contributed by atoms with Crippen LogP contribution in [0.4, 0.5) is 5.82 Å². The van der Waals surface area contributed by atoms with E-state index in [1.807, 2.05) is 19.2 Å². The lowest BCUT2D eigenvalue weighted by Crippen LogP contribution is -2.45. The molecule has 1 aliphatic carbocycles. The van der Waals surface area contributed by atoms with Crippen molar-refractivity contribution >= 4 is 33.6 Å². The lowest BCUT2D eigenvalue weighted by molar-refractivity contribution is 0.123. The fraction of sp³-hybridized carbons (Fsp3) is 0.650. The summed E-state index contributed by atoms with van der Waals surface area (Å²) >= 11 is -2.05. The Bertz CT molecular complexity index is 873. The summed E-state index contributed by atoms with van der Waals surface area (Å²) in [4.78, 5) is 14.1. The summed E-state index contributed by atoms with van der Waals surface area (Å²) in [7, 11) is 3.65. The number of ether oxygens (including phenoxy) is 1. The minimum absolute atomic E-state index is 0.0229. The van der Waals surface area contributed by atoms with Crippen LogP contribution in [0.2, 0.25) is 0 Å². The van der Waals surface area contributed by atoms with Crippen molar-refractivity contribution in [2.24, 2.45) is 11.8 Å². The Hall–Kier alpha value is -1.84. The van der Waals surface area contributed by atoms with Gasteiger partial charge in [0.25, 0.3) is 0 Å². The summed E-state index contributed by atoms with van der Waals surface area (Å²) < 4.78 is 27.2. The van der Waals surface area contributed by atoms with Gasteiger partial charge in [-0.05, 0) is 44.1 Å². The molecular weight excluding hydrogens is 390 g/mol. The summed E-state index contributed by atoms with van der Waals surface area (Å²) in [6.45, 7) is 4.06. The molecular formula is C20H31N5O3S. The van der Waals surface area contributed by atoms with E-state index >= 15 is 0 Å². The van der Waals surface area contributed by atoms with Crippen LogP contribution in [0.15, 0.2) is 18.6 Å². The zero-order chi connectivity index (χ0) is 21.1. The number of rotatable bonds is 8. The summed E-state index contributed by atoms with van der Waals surface area (Å²) in [5, 5.41) is 8.76. The fourth-order valence-electron chi connectivity index (χ4n) is 4.65. The van der Waals surface area contributed by atoms with E-state index in [-0.39, 0.29) is 18.1 Å². The first-order valence-electron chi connectivity index (χ1n) is 10.0. The molecule has 1 aliphatic rings. The molecule has 1 saturated carbocycles. The summed E-state index contributed by atoms with van der Waals surface area (Å²) in [6.07, 6.45) is 6.19. The maximum absolute atomic E-state index is 12.1. The summed E-state index contributed by atoms with van der Waals surface area (Å²) in [5.74, 6) is 1.23. The molecule has 2 aromatic heterocycles. The van der Waals surface area contributed by atoms with Crippen LogP contribution in [-0.4, -0.2) is 61.0 Å². The van der Waals surface area contributed by atoms with Gasteiger partial charge in [-0.25, -0.2) is 14.2 Å². The van der Waals surface area contributed by atoms with E-state index in [1.54, 1.807) is 13.4 Å². The van der Waals surface area contributed by atoms with Crippen LogP contribution in [-0.2, 0) is 15.8 Å². The van der Waals surface area contributed by atoms with Crippen molar-refractivity contribution in [2.75, 3.05) is 19.1 Å². The Labute approximate surface area is 174 Å². The number of hydrogen-bond acceptors (Lipinski definition) is 6. The molecule has 6 atom stereocenters. The average molecular weight is 422 g/mol. The molecule has 2 heterocycles. The number of hydrogen-bond donors (Lipinski definition) is 3. The van der Waals surface area contributed by atoms with Gasteiger partial charge in [0.15, 0.2) is 11.1 Å². The van der Waals surface area contributed by atoms with Crippen molar-refractivity contribution in [1.82, 2.24) is 15.0 Å². The lowest BCUT2D eigenvalue weighted by atomic mass is 9.75. The van der Waals surface area contributed by atoms with Crippen LogP contribution in [0.25, 0.3) is 11.0 Å². The maximum Gasteiger partial charge on any atom is 0.162 e. The van der Waals surface area contributed by atoms with E-state index < -0.39 is 16.3 Å². The third kappa shape index (κ3) is 4.67. The minimum atomic E-state index is -2.05. The molecule has 8 nitrogen and oxygen atoms in total. The minimum Gasteiger partial charge on any atom is -0.381 e. The van der Waals surface area contributed by atoms with Crippen LogP contribution in [0, 0.1) is 17.2 Å². The van der Waals surface area contributed by atoms with E-state index in [0.717, 1.165) is 36.1 Å². The van der Waals surface area contributed by atoms with Gasteiger partial charge in [-0.1, -0.05) is 6.92 Å². The first kappa shape index (κ1) is 21.9. The number of aromatic amines is 1. The first-order chi connectivity index (χ1) is 13.8. The molecule has 2 aromatic rings. The number of nitrogens with one attached hydrogen (secondary N) is 2. The van der Waals surface area contributed by atoms with Gasteiger partial charge >= 0.3 is 0 Å². The Morgan fingerprint density at radius 1 is 1.48 bits per heavy atom. The number of fused-ring (bicyclic) bond motifs is 1. The van der Waals surface area contributed by atoms with Crippen molar-refractivity contribution in [3.8, 4) is 0 Å². The fourth-order valence-corrected chi connectivity index (χ4v) is 5.57. The van der Waals surface area contributed by atoms with Gasteiger partial charge in [-0.15, -0.1) is 0 Å². The Balaban J connectivity index is 1.73. The van der Waals surface area contributed by atoms with E-state index in [2.05, 4.69) is 33.8 Å². The number of anilines is 1. The van der Waals surface area contributed by atoms with Gasteiger partial charge in [0.05, 0.1) is 11.5 Å². The second-order valence-electron chi connectivity index (χ2n) is 8.14. The second-order valence-corrected chi connectivity index (χ2v) is 9.20. The normalized spacial score (nSPS) is 25.5. The predicted molar refractivity (Wildman–Crippen MR) is 116 cm³/mol. The highest BCUT2D eigenvalue weighted by atomic mass is 32.2. The molecule has 5 unspecified atom stereocenters. The molecule has 29 heavy (non-hydrogen) atoms. The van der Waals surface area contributed by atoms with Gasteiger partial charge < -0.3 is 24.6 Å². The highest BCUT2D eigenvalue weighted by molar-refractivity contribution is 7.80. The molecule has 0 aromatic carbocycles. The van der Waals surface area contributed by atoms with Crippen molar-refractivity contribution in [3.63, 3.8) is 0 Å². The quantitative estimate of drug-likeness (QED) is 0.445. The van der Waals surface area contributed by atoms with Gasteiger partial charge in [-0.3, -0.25) is 0 Å². The first-order valence-corrected chi connectivity index (χ1v) is 11.2. The number of H-pyrrole nitrogens is 1. The van der Waals surface area contributed by atoms with Crippen molar-refractivity contribution in [1.29, 1.82) is 5.41 Å². The number of aromatic nitrogens is 3. The largest absolute Gasteiger partial charge is 0.381 e. The van der Waals surface area contributed by atoms with E-state index in [4.69, 9.17) is 10.1 Å². The van der Waals surface area contributed by atoms with Crippen LogP contribution in [0.1, 0.15) is 39.5 Å². The lowest BCUT2D eigenvalue weighted by Gasteiger charge is -2.41. The van der Waals surface area contributed by atoms with E-state index in [1.165, 1.54) is 0 Å². The van der Waals surface area contributed by atoms with Crippen molar-refractivity contribution in [3.05, 3.63) is 18.6 Å². The molecule has 1 fully saturated rings. The Morgan fingerprint density at radius 3 is 2.90 bits per heavy atom. The smallest absolute Gasteiger partial charge is 0.162 e. The molecule has 0 spiro atoms. The average Bonchev–Trinajstić information content (AvgIpc) is 3.16. The SMILES string of the molecule is CO[C@@H](C)CC(=N)C(C1CCC(N(C)c2ncnc3[nH]ccc23)C(C)C1)S(=O)O. The molecule has 160 valence electrons. The molecule has 9 heteroatoms. The molecule has 0 radical (unpaired) electrons. The van der Waals surface area contributed by atoms with Crippen LogP contribution >= 0.6 is 0 Å². The topological polar surface area (TPSA) is 115 Å². The monoisotopic (exact) mass is 421 g/mol. The standard InChI is InChI=1S/C20H31N5O3S/c1-12-9-14(18(29(26)27)16(21)10-13(2)28-4)5-6-17(12)25(3)20-15-7-8-22-19(15)23-11-24-20/h7-8,11-14,17-18,21H,5-6,9-10H2,1-4H3,(H,26,27)(H,22,23,24)/t12?,13-,14?,17?,18?/m0/s1. The molecule has 3 N–H and O–H groups in total. The zero-order valence-corrected chi connectivity index (χ0v) is 18.3. The van der Waals surface area contributed by atoms with Crippen LogP contribution in [0.3, 0.4) is 0 Å².